The van der Waals surface area contributed by atoms with Crippen LogP contribution in [0.2, 0.25) is 0 Å². The average molecular weight is 438 g/mol. The van der Waals surface area contributed by atoms with Crippen LogP contribution in [0.1, 0.15) is 10.4 Å². The summed E-state index contributed by atoms with van der Waals surface area (Å²) in [6, 6.07) is 28.0. The van der Waals surface area contributed by atoms with E-state index in [1.165, 1.54) is 0 Å². The van der Waals surface area contributed by atoms with Crippen molar-refractivity contribution in [3.05, 3.63) is 126 Å². The number of hydrogen-bond donors (Lipinski definition) is 0. The molecule has 0 radical (unpaired) electrons. The van der Waals surface area contributed by atoms with E-state index in [4.69, 9.17) is 4.18 Å². The summed E-state index contributed by atoms with van der Waals surface area (Å²) in [7, 11) is -2.70. The third-order valence-electron chi connectivity index (χ3n) is 4.64. The molecule has 0 spiro atoms. The molecule has 0 saturated carbocycles. The van der Waals surface area contributed by atoms with E-state index in [2.05, 4.69) is 0 Å². The van der Waals surface area contributed by atoms with Gasteiger partial charge in [0.1, 0.15) is 23.0 Å². The molecule has 0 aliphatic rings. The van der Waals surface area contributed by atoms with Crippen LogP contribution in [-0.4, -0.2) is 5.97 Å². The van der Waals surface area contributed by atoms with Gasteiger partial charge in [0.15, 0.2) is 0 Å². The molecule has 4 aromatic carbocycles. The summed E-state index contributed by atoms with van der Waals surface area (Å²) >= 11 is 0. The number of carbonyl (C=O) groups excluding carboxylic acids is 1. The molecule has 31 heavy (non-hydrogen) atoms. The largest absolute Gasteiger partial charge is 0.398 e. The van der Waals surface area contributed by atoms with Gasteiger partial charge in [-0.3, -0.25) is 0 Å². The van der Waals surface area contributed by atoms with Crippen molar-refractivity contribution < 1.29 is 22.1 Å². The lowest BCUT2D eigenvalue weighted by Crippen LogP contribution is -2.16. The molecule has 0 fully saturated rings. The smallest absolute Gasteiger partial charge is 0.355 e. The van der Waals surface area contributed by atoms with Crippen molar-refractivity contribution in [3.8, 4) is 0 Å². The summed E-state index contributed by atoms with van der Waals surface area (Å²) in [5.74, 6) is -4.95. The van der Waals surface area contributed by atoms with E-state index in [0.29, 0.717) is 26.8 Å². The Labute approximate surface area is 179 Å². The number of halogens is 3. The molecule has 156 valence electrons. The van der Waals surface area contributed by atoms with Gasteiger partial charge in [0.25, 0.3) is 0 Å². The van der Waals surface area contributed by atoms with Crippen molar-refractivity contribution in [1.29, 1.82) is 0 Å². The first kappa shape index (κ1) is 20.8. The fourth-order valence-corrected chi connectivity index (χ4v) is 6.32. The van der Waals surface area contributed by atoms with Crippen LogP contribution in [0.25, 0.3) is 0 Å². The number of hydrogen-bond acceptors (Lipinski definition) is 2. The molecule has 0 atom stereocenters. The summed E-state index contributed by atoms with van der Waals surface area (Å²) < 4.78 is 48.1. The van der Waals surface area contributed by atoms with Crippen LogP contribution in [0.5, 0.6) is 0 Å². The summed E-state index contributed by atoms with van der Waals surface area (Å²) in [5.41, 5.74) is -0.930. The second kappa shape index (κ2) is 8.70. The Bertz CT molecular complexity index is 1080. The first-order valence-electron chi connectivity index (χ1n) is 9.39. The molecule has 2 nitrogen and oxygen atoms in total. The topological polar surface area (TPSA) is 26.3 Å². The van der Waals surface area contributed by atoms with Crippen molar-refractivity contribution in [2.45, 2.75) is 14.7 Å². The highest BCUT2D eigenvalue weighted by atomic mass is 32.3. The standard InChI is InChI=1S/C25H17F3O2S/c26-18-16-22(27)24(23(28)17-18)25(29)30-31(19-10-4-1-5-11-19,20-12-6-2-7-13-20)21-14-8-3-9-15-21/h1-17H. The van der Waals surface area contributed by atoms with Crippen molar-refractivity contribution in [3.63, 3.8) is 0 Å². The molecule has 0 amide bonds. The highest BCUT2D eigenvalue weighted by molar-refractivity contribution is 8.30. The summed E-state index contributed by atoms with van der Waals surface area (Å²) in [6.07, 6.45) is 0. The Morgan fingerprint density at radius 2 is 0.968 bits per heavy atom. The number of benzene rings is 4. The van der Waals surface area contributed by atoms with E-state index < -0.39 is 39.3 Å². The van der Waals surface area contributed by atoms with E-state index >= 15 is 0 Å². The quantitative estimate of drug-likeness (QED) is 0.331. The maximum atomic E-state index is 14.4. The van der Waals surface area contributed by atoms with Gasteiger partial charge in [-0.1, -0.05) is 54.6 Å². The van der Waals surface area contributed by atoms with Gasteiger partial charge < -0.3 is 4.18 Å². The van der Waals surface area contributed by atoms with Gasteiger partial charge in [-0.15, -0.1) is 0 Å². The van der Waals surface area contributed by atoms with Gasteiger partial charge in [0, 0.05) is 26.8 Å². The second-order valence-corrected chi connectivity index (χ2v) is 9.30. The maximum absolute atomic E-state index is 14.4. The van der Waals surface area contributed by atoms with Gasteiger partial charge >= 0.3 is 5.97 Å². The van der Waals surface area contributed by atoms with Crippen LogP contribution in [0, 0.1) is 17.5 Å². The Morgan fingerprint density at radius 1 is 0.613 bits per heavy atom. The molecule has 0 saturated heterocycles. The molecule has 6 heteroatoms. The van der Waals surface area contributed by atoms with E-state index in [1.54, 1.807) is 72.8 Å². The van der Waals surface area contributed by atoms with Crippen molar-refractivity contribution in [1.82, 2.24) is 0 Å². The predicted octanol–water partition coefficient (Wildman–Crippen LogP) is 7.16. The average Bonchev–Trinajstić information content (AvgIpc) is 2.78. The summed E-state index contributed by atoms with van der Waals surface area (Å²) in [4.78, 5) is 15.1. The lowest BCUT2D eigenvalue weighted by Gasteiger charge is -2.39. The Kier molecular flexibility index (Phi) is 5.82. The minimum atomic E-state index is -2.70. The molecule has 4 aromatic rings. The minimum absolute atomic E-state index is 0.463. The third-order valence-corrected chi connectivity index (χ3v) is 7.85. The number of carbonyl (C=O) groups is 1. The normalized spacial score (nSPS) is 11.7. The van der Waals surface area contributed by atoms with Crippen LogP contribution in [0.4, 0.5) is 13.2 Å². The monoisotopic (exact) mass is 438 g/mol. The molecule has 0 aromatic heterocycles. The van der Waals surface area contributed by atoms with Crippen molar-refractivity contribution in [2.75, 3.05) is 0 Å². The molecule has 0 unspecified atom stereocenters. The SMILES string of the molecule is O=C(OS(c1ccccc1)(c1ccccc1)c1ccccc1)c1c(F)cc(F)cc1F. The van der Waals surface area contributed by atoms with Crippen LogP contribution in [0.3, 0.4) is 0 Å². The summed E-state index contributed by atoms with van der Waals surface area (Å²) in [6.45, 7) is 0. The zero-order chi connectivity index (χ0) is 21.8. The molecule has 0 aliphatic heterocycles. The molecule has 4 rings (SSSR count). The maximum Gasteiger partial charge on any atom is 0.355 e. The molecule has 0 N–H and O–H groups in total. The second-order valence-electron chi connectivity index (χ2n) is 6.61. The molecule has 0 bridgehead atoms. The van der Waals surface area contributed by atoms with Gasteiger partial charge in [0.05, 0.1) is 0 Å². The van der Waals surface area contributed by atoms with E-state index in [9.17, 15) is 18.0 Å². The Hall–Kier alpha value is -3.51. The van der Waals surface area contributed by atoms with E-state index in [1.807, 2.05) is 18.2 Å². The zero-order valence-electron chi connectivity index (χ0n) is 16.2. The zero-order valence-corrected chi connectivity index (χ0v) is 17.0. The Balaban J connectivity index is 1.96. The highest BCUT2D eigenvalue weighted by Crippen LogP contribution is 2.69. The van der Waals surface area contributed by atoms with Crippen LogP contribution in [0.15, 0.2) is 118 Å². The van der Waals surface area contributed by atoms with Gasteiger partial charge in [0.2, 0.25) is 0 Å². The third kappa shape index (κ3) is 3.94. The van der Waals surface area contributed by atoms with Crippen molar-refractivity contribution >= 4 is 16.3 Å². The number of rotatable bonds is 5. The Morgan fingerprint density at radius 3 is 1.32 bits per heavy atom. The van der Waals surface area contributed by atoms with Crippen molar-refractivity contribution in [2.24, 2.45) is 0 Å². The van der Waals surface area contributed by atoms with E-state index in [-0.39, 0.29) is 0 Å². The predicted molar refractivity (Wildman–Crippen MR) is 113 cm³/mol. The molecule has 0 aliphatic carbocycles. The fourth-order valence-electron chi connectivity index (χ4n) is 3.28. The van der Waals surface area contributed by atoms with Gasteiger partial charge in [-0.05, 0) is 46.7 Å². The lowest BCUT2D eigenvalue weighted by molar-refractivity contribution is 0.0747. The highest BCUT2D eigenvalue weighted by Gasteiger charge is 2.37. The first-order valence-corrected chi connectivity index (χ1v) is 10.9. The minimum Gasteiger partial charge on any atom is -0.398 e. The molecular weight excluding hydrogens is 421 g/mol. The van der Waals surface area contributed by atoms with Gasteiger partial charge in [-0.25, -0.2) is 18.0 Å². The fraction of sp³-hybridized carbons (Fsp3) is 0. The van der Waals surface area contributed by atoms with Gasteiger partial charge in [-0.2, -0.15) is 0 Å². The lowest BCUT2D eigenvalue weighted by atomic mass is 10.2. The van der Waals surface area contributed by atoms with Crippen LogP contribution in [-0.2, 0) is 4.18 Å². The van der Waals surface area contributed by atoms with E-state index in [0.717, 1.165) is 0 Å². The molecular formula is C25H17F3O2S. The molecule has 0 heterocycles. The first-order chi connectivity index (χ1) is 15.0. The summed E-state index contributed by atoms with van der Waals surface area (Å²) in [5, 5.41) is 0. The van der Waals surface area contributed by atoms with Crippen LogP contribution >= 0.6 is 10.3 Å². The van der Waals surface area contributed by atoms with Crippen LogP contribution < -0.4 is 0 Å².